The number of benzene rings is 2. The minimum absolute atomic E-state index is 0.00944. The van der Waals surface area contributed by atoms with E-state index in [1.54, 1.807) is 24.3 Å². The number of hydrogen-bond acceptors (Lipinski definition) is 3. The zero-order chi connectivity index (χ0) is 11.7. The van der Waals surface area contributed by atoms with Gasteiger partial charge in [-0.2, -0.15) is 0 Å². The van der Waals surface area contributed by atoms with E-state index in [0.717, 1.165) is 6.07 Å². The van der Waals surface area contributed by atoms with Gasteiger partial charge in [-0.1, -0.05) is 18.2 Å². The SMILES string of the molecule is N#[N+]c1c(O)cc(S(=O)O)c2ccccc12. The molecule has 2 aromatic carbocycles. The fourth-order valence-electron chi connectivity index (χ4n) is 1.56. The van der Waals surface area contributed by atoms with E-state index in [0.29, 0.717) is 10.8 Å². The number of aromatic hydroxyl groups is 1. The molecule has 0 fully saturated rings. The first-order chi connectivity index (χ1) is 7.65. The van der Waals surface area contributed by atoms with Crippen molar-refractivity contribution >= 4 is 27.5 Å². The van der Waals surface area contributed by atoms with Crippen molar-refractivity contribution in [3.05, 3.63) is 35.3 Å². The molecular formula is C10H7N2O3S+. The summed E-state index contributed by atoms with van der Waals surface area (Å²) in [5.74, 6) is -0.335. The Morgan fingerprint density at radius 3 is 2.44 bits per heavy atom. The van der Waals surface area contributed by atoms with Gasteiger partial charge in [-0.25, -0.2) is 4.21 Å². The third-order valence-electron chi connectivity index (χ3n) is 2.25. The molecule has 0 aliphatic carbocycles. The molecule has 1 atom stereocenters. The normalized spacial score (nSPS) is 12.2. The molecule has 0 saturated heterocycles. The lowest BCUT2D eigenvalue weighted by Gasteiger charge is -2.01. The molecule has 0 aromatic heterocycles. The second kappa shape index (κ2) is 3.89. The van der Waals surface area contributed by atoms with Crippen molar-refractivity contribution in [3.8, 4) is 5.75 Å². The Morgan fingerprint density at radius 1 is 1.25 bits per heavy atom. The Hall–Kier alpha value is -1.97. The van der Waals surface area contributed by atoms with Crippen molar-refractivity contribution in [3.63, 3.8) is 0 Å². The van der Waals surface area contributed by atoms with E-state index in [1.165, 1.54) is 0 Å². The maximum Gasteiger partial charge on any atom is 0.433 e. The van der Waals surface area contributed by atoms with Crippen LogP contribution in [0.5, 0.6) is 5.75 Å². The van der Waals surface area contributed by atoms with Crippen LogP contribution in [-0.4, -0.2) is 13.9 Å². The van der Waals surface area contributed by atoms with Gasteiger partial charge in [0.25, 0.3) is 0 Å². The summed E-state index contributed by atoms with van der Waals surface area (Å²) in [4.78, 5) is 3.05. The van der Waals surface area contributed by atoms with Crippen molar-refractivity contribution in [2.45, 2.75) is 4.90 Å². The second-order valence-electron chi connectivity index (χ2n) is 3.14. The summed E-state index contributed by atoms with van der Waals surface area (Å²) in [6, 6.07) is 7.71. The van der Waals surface area contributed by atoms with Crippen LogP contribution in [0, 0.1) is 5.39 Å². The highest BCUT2D eigenvalue weighted by Crippen LogP contribution is 2.38. The van der Waals surface area contributed by atoms with E-state index in [9.17, 15) is 9.32 Å². The van der Waals surface area contributed by atoms with E-state index in [4.69, 9.17) is 9.95 Å². The summed E-state index contributed by atoms with van der Waals surface area (Å²) in [6.07, 6.45) is 0. The molecule has 2 N–H and O–H groups in total. The number of fused-ring (bicyclic) bond motifs is 1. The van der Waals surface area contributed by atoms with E-state index < -0.39 is 11.1 Å². The zero-order valence-corrected chi connectivity index (χ0v) is 8.81. The summed E-state index contributed by atoms with van der Waals surface area (Å²) >= 11 is -2.21. The van der Waals surface area contributed by atoms with E-state index in [2.05, 4.69) is 4.98 Å². The number of phenolic OH excluding ortho intramolecular Hbond substituents is 1. The van der Waals surface area contributed by atoms with Gasteiger partial charge in [0.15, 0.2) is 16.1 Å². The van der Waals surface area contributed by atoms with Crippen LogP contribution in [0.3, 0.4) is 0 Å². The van der Waals surface area contributed by atoms with Crippen molar-refractivity contribution in [1.29, 1.82) is 5.39 Å². The van der Waals surface area contributed by atoms with Gasteiger partial charge in [0, 0.05) is 11.5 Å². The maximum atomic E-state index is 11.1. The highest BCUT2D eigenvalue weighted by Gasteiger charge is 2.22. The monoisotopic (exact) mass is 235 g/mol. The highest BCUT2D eigenvalue weighted by atomic mass is 32.2. The molecule has 0 bridgehead atoms. The van der Waals surface area contributed by atoms with Crippen LogP contribution < -0.4 is 0 Å². The smallest absolute Gasteiger partial charge is 0.433 e. The topological polar surface area (TPSA) is 85.7 Å². The molecular weight excluding hydrogens is 228 g/mol. The van der Waals surface area contributed by atoms with Crippen LogP contribution in [0.1, 0.15) is 0 Å². The Kier molecular flexibility index (Phi) is 2.56. The highest BCUT2D eigenvalue weighted by molar-refractivity contribution is 7.79. The molecule has 0 heterocycles. The van der Waals surface area contributed by atoms with Crippen molar-refractivity contribution in [2.75, 3.05) is 0 Å². The fraction of sp³-hybridized carbons (Fsp3) is 0. The predicted octanol–water partition coefficient (Wildman–Crippen LogP) is 2.61. The molecule has 80 valence electrons. The van der Waals surface area contributed by atoms with Crippen LogP contribution >= 0.6 is 0 Å². The van der Waals surface area contributed by atoms with Gasteiger partial charge in [-0.15, -0.1) is 0 Å². The third-order valence-corrected chi connectivity index (χ3v) is 2.96. The number of nitrogens with zero attached hydrogens (tertiary/aromatic N) is 2. The Bertz CT molecular complexity index is 634. The van der Waals surface area contributed by atoms with Gasteiger partial charge in [0.2, 0.25) is 11.1 Å². The first-order valence-electron chi connectivity index (χ1n) is 4.36. The molecule has 0 aliphatic heterocycles. The Labute approximate surface area is 93.2 Å². The van der Waals surface area contributed by atoms with Crippen LogP contribution in [0.15, 0.2) is 35.2 Å². The van der Waals surface area contributed by atoms with Gasteiger partial charge < -0.3 is 9.66 Å². The van der Waals surface area contributed by atoms with Crippen molar-refractivity contribution < 1.29 is 13.9 Å². The van der Waals surface area contributed by atoms with Crippen LogP contribution in [0.2, 0.25) is 0 Å². The lowest BCUT2D eigenvalue weighted by atomic mass is 10.1. The number of phenols is 1. The summed E-state index contributed by atoms with van der Waals surface area (Å²) in [7, 11) is 0. The lowest BCUT2D eigenvalue weighted by molar-refractivity contribution is 0.477. The molecule has 2 rings (SSSR count). The first-order valence-corrected chi connectivity index (χ1v) is 5.46. The first kappa shape index (κ1) is 10.5. The minimum atomic E-state index is -2.21. The van der Waals surface area contributed by atoms with E-state index in [-0.39, 0.29) is 16.3 Å². The Balaban J connectivity index is 2.98. The Morgan fingerprint density at radius 2 is 1.88 bits per heavy atom. The van der Waals surface area contributed by atoms with E-state index in [1.807, 2.05) is 0 Å². The molecule has 5 nitrogen and oxygen atoms in total. The number of hydrogen-bond donors (Lipinski definition) is 2. The van der Waals surface area contributed by atoms with Crippen molar-refractivity contribution in [1.82, 2.24) is 0 Å². The number of rotatable bonds is 1. The molecule has 2 aromatic rings. The van der Waals surface area contributed by atoms with Gasteiger partial charge in [-0.3, -0.25) is 0 Å². The molecule has 0 spiro atoms. The standard InChI is InChI=1S/C10H6N2O3S/c11-12-10-7-4-2-1-3-6(7)9(16(14)15)5-8(10)13/h1-5H,(H-,13,14,15)/p+1. The van der Waals surface area contributed by atoms with Gasteiger partial charge in [-0.05, 0) is 6.07 Å². The minimum Gasteiger partial charge on any atom is -0.501 e. The van der Waals surface area contributed by atoms with Gasteiger partial charge in [0.1, 0.15) is 0 Å². The zero-order valence-electron chi connectivity index (χ0n) is 7.99. The molecule has 0 radical (unpaired) electrons. The van der Waals surface area contributed by atoms with Crippen LogP contribution in [0.4, 0.5) is 5.69 Å². The third kappa shape index (κ3) is 1.52. The average Bonchev–Trinajstić information content (AvgIpc) is 2.28. The lowest BCUT2D eigenvalue weighted by Crippen LogP contribution is -1.90. The van der Waals surface area contributed by atoms with Crippen LogP contribution in [-0.2, 0) is 11.1 Å². The predicted molar refractivity (Wildman–Crippen MR) is 59.4 cm³/mol. The molecule has 16 heavy (non-hydrogen) atoms. The largest absolute Gasteiger partial charge is 0.501 e. The van der Waals surface area contributed by atoms with Crippen molar-refractivity contribution in [2.24, 2.45) is 0 Å². The van der Waals surface area contributed by atoms with Gasteiger partial charge in [0.05, 0.1) is 10.3 Å². The average molecular weight is 235 g/mol. The summed E-state index contributed by atoms with van der Waals surface area (Å²) in [5, 5.41) is 19.2. The summed E-state index contributed by atoms with van der Waals surface area (Å²) in [6.45, 7) is 0. The maximum absolute atomic E-state index is 11.1. The quantitative estimate of drug-likeness (QED) is 0.587. The molecule has 6 heteroatoms. The summed E-state index contributed by atoms with van der Waals surface area (Å²) in [5.41, 5.74) is -0.00944. The second-order valence-corrected chi connectivity index (χ2v) is 4.08. The van der Waals surface area contributed by atoms with Crippen LogP contribution in [0.25, 0.3) is 15.7 Å². The molecule has 0 amide bonds. The molecule has 0 aliphatic rings. The molecule has 0 saturated carbocycles. The molecule has 1 unspecified atom stereocenters. The van der Waals surface area contributed by atoms with E-state index >= 15 is 0 Å². The number of diazo groups is 1. The van der Waals surface area contributed by atoms with Gasteiger partial charge >= 0.3 is 5.69 Å². The summed E-state index contributed by atoms with van der Waals surface area (Å²) < 4.78 is 20.2. The fourth-order valence-corrected chi connectivity index (χ4v) is 2.14.